The maximum Gasteiger partial charge on any atom is 0.338 e. The number of benzene rings is 2. The van der Waals surface area contributed by atoms with Crippen LogP contribution in [-0.2, 0) is 19.6 Å². The Hall–Kier alpha value is -3.07. The summed E-state index contributed by atoms with van der Waals surface area (Å²) in [4.78, 5) is 23.7. The van der Waals surface area contributed by atoms with Crippen molar-refractivity contribution in [3.05, 3.63) is 54.1 Å². The fourth-order valence-corrected chi connectivity index (χ4v) is 3.64. The van der Waals surface area contributed by atoms with Gasteiger partial charge >= 0.3 is 5.97 Å². The summed E-state index contributed by atoms with van der Waals surface area (Å²) in [5.41, 5.74) is 0.476. The van der Waals surface area contributed by atoms with E-state index in [2.05, 4.69) is 5.32 Å². The quantitative estimate of drug-likeness (QED) is 0.624. The fourth-order valence-electron chi connectivity index (χ4n) is 2.40. The second kappa shape index (κ2) is 9.92. The minimum Gasteiger partial charge on any atom is -0.497 e. The Morgan fingerprint density at radius 3 is 2.41 bits per heavy atom. The first-order valence-electron chi connectivity index (χ1n) is 8.96. The van der Waals surface area contributed by atoms with Gasteiger partial charge < -0.3 is 14.8 Å². The first-order chi connectivity index (χ1) is 13.8. The number of hydrogen-bond donors (Lipinski definition) is 1. The van der Waals surface area contributed by atoms with Gasteiger partial charge in [-0.15, -0.1) is 0 Å². The zero-order chi connectivity index (χ0) is 21.4. The van der Waals surface area contributed by atoms with Gasteiger partial charge in [0.2, 0.25) is 0 Å². The molecule has 0 unspecified atom stereocenters. The van der Waals surface area contributed by atoms with Crippen LogP contribution in [0.1, 0.15) is 23.7 Å². The van der Waals surface area contributed by atoms with E-state index in [1.165, 1.54) is 38.4 Å². The Morgan fingerprint density at radius 2 is 1.79 bits per heavy atom. The van der Waals surface area contributed by atoms with Crippen molar-refractivity contribution in [2.24, 2.45) is 0 Å². The maximum atomic E-state index is 12.9. The molecule has 8 nitrogen and oxygen atoms in total. The summed E-state index contributed by atoms with van der Waals surface area (Å²) in [5, 5.41) is 2.59. The molecule has 0 fully saturated rings. The smallest absolute Gasteiger partial charge is 0.338 e. The van der Waals surface area contributed by atoms with Crippen LogP contribution in [-0.4, -0.2) is 47.6 Å². The van der Waals surface area contributed by atoms with E-state index in [0.717, 1.165) is 10.7 Å². The summed E-state index contributed by atoms with van der Waals surface area (Å²) in [6.45, 7) is 1.96. The van der Waals surface area contributed by atoms with Crippen LogP contribution in [0.2, 0.25) is 0 Å². The number of sulfonamides is 1. The van der Waals surface area contributed by atoms with Crippen molar-refractivity contribution in [1.29, 1.82) is 0 Å². The van der Waals surface area contributed by atoms with Crippen LogP contribution < -0.4 is 14.4 Å². The van der Waals surface area contributed by atoms with Crippen molar-refractivity contribution in [2.75, 3.05) is 31.6 Å². The number of rotatable bonds is 9. The molecule has 0 aromatic heterocycles. The number of nitrogens with zero attached hydrogens (tertiary/aromatic N) is 1. The van der Waals surface area contributed by atoms with Crippen molar-refractivity contribution in [3.8, 4) is 5.75 Å². The monoisotopic (exact) mass is 420 g/mol. The highest BCUT2D eigenvalue weighted by atomic mass is 32.2. The van der Waals surface area contributed by atoms with E-state index in [-0.39, 0.29) is 10.5 Å². The zero-order valence-corrected chi connectivity index (χ0v) is 17.4. The van der Waals surface area contributed by atoms with Gasteiger partial charge in [-0.2, -0.15) is 0 Å². The first-order valence-corrected chi connectivity index (χ1v) is 10.4. The molecule has 0 spiro atoms. The fraction of sp³-hybridized carbons (Fsp3) is 0.300. The molecular formula is C20H24N2O6S. The molecule has 1 amide bonds. The van der Waals surface area contributed by atoms with E-state index in [4.69, 9.17) is 9.47 Å². The van der Waals surface area contributed by atoms with Gasteiger partial charge in [-0.25, -0.2) is 13.2 Å². The van der Waals surface area contributed by atoms with Gasteiger partial charge in [0.15, 0.2) is 6.61 Å². The van der Waals surface area contributed by atoms with Crippen molar-refractivity contribution in [1.82, 2.24) is 5.32 Å². The molecule has 0 bridgehead atoms. The molecule has 0 heterocycles. The van der Waals surface area contributed by atoms with Crippen LogP contribution in [0.4, 0.5) is 5.69 Å². The number of hydrogen-bond acceptors (Lipinski definition) is 6. The highest BCUT2D eigenvalue weighted by Crippen LogP contribution is 2.24. The molecule has 0 aliphatic carbocycles. The van der Waals surface area contributed by atoms with Gasteiger partial charge in [0.05, 0.1) is 23.3 Å². The summed E-state index contributed by atoms with van der Waals surface area (Å²) >= 11 is 0. The highest BCUT2D eigenvalue weighted by Gasteiger charge is 2.23. The molecule has 0 aliphatic rings. The van der Waals surface area contributed by atoms with Gasteiger partial charge in [-0.1, -0.05) is 13.0 Å². The largest absolute Gasteiger partial charge is 0.497 e. The Kier molecular flexibility index (Phi) is 7.60. The van der Waals surface area contributed by atoms with Crippen LogP contribution in [0.15, 0.2) is 53.4 Å². The van der Waals surface area contributed by atoms with Gasteiger partial charge in [0, 0.05) is 13.6 Å². The van der Waals surface area contributed by atoms with Crippen molar-refractivity contribution < 1.29 is 27.5 Å². The standard InChI is InChI=1S/C20H24N2O6S/c1-4-12-21-19(23)14-28-20(24)15-6-5-7-18(13-15)29(25,26)22(2)16-8-10-17(27-3)11-9-16/h5-11,13H,4,12,14H2,1-3H3,(H,21,23). The van der Waals surface area contributed by atoms with Crippen molar-refractivity contribution >= 4 is 27.6 Å². The molecule has 0 radical (unpaired) electrons. The number of carbonyl (C=O) groups is 2. The summed E-state index contributed by atoms with van der Waals surface area (Å²) < 4.78 is 37.0. The Morgan fingerprint density at radius 1 is 1.10 bits per heavy atom. The summed E-state index contributed by atoms with van der Waals surface area (Å²) in [6, 6.07) is 12.0. The molecule has 1 N–H and O–H groups in total. The lowest BCUT2D eigenvalue weighted by Crippen LogP contribution is -2.29. The lowest BCUT2D eigenvalue weighted by Gasteiger charge is -2.20. The number of nitrogens with one attached hydrogen (secondary N) is 1. The molecule has 0 atom stereocenters. The van der Waals surface area contributed by atoms with Gasteiger partial charge in [0.1, 0.15) is 5.75 Å². The third-order valence-corrected chi connectivity index (χ3v) is 5.85. The minimum absolute atomic E-state index is 0.0393. The molecule has 2 rings (SSSR count). The Balaban J connectivity index is 2.15. The Labute approximate surface area is 170 Å². The van der Waals surface area contributed by atoms with E-state index in [9.17, 15) is 18.0 Å². The third-order valence-electron chi connectivity index (χ3n) is 4.07. The van der Waals surface area contributed by atoms with Gasteiger partial charge in [-0.3, -0.25) is 9.10 Å². The lowest BCUT2D eigenvalue weighted by atomic mass is 10.2. The SMILES string of the molecule is CCCNC(=O)COC(=O)c1cccc(S(=O)(=O)N(C)c2ccc(OC)cc2)c1. The Bertz CT molecular complexity index is 957. The van der Waals surface area contributed by atoms with Crippen LogP contribution in [0.5, 0.6) is 5.75 Å². The van der Waals surface area contributed by atoms with Crippen LogP contribution in [0.25, 0.3) is 0 Å². The number of esters is 1. The number of methoxy groups -OCH3 is 1. The molecule has 9 heteroatoms. The second-order valence-electron chi connectivity index (χ2n) is 6.12. The average Bonchev–Trinajstić information content (AvgIpc) is 2.75. The normalized spacial score (nSPS) is 10.9. The van der Waals surface area contributed by atoms with Gasteiger partial charge in [-0.05, 0) is 48.9 Å². The molecule has 2 aromatic rings. The number of amides is 1. The van der Waals surface area contributed by atoms with Crippen molar-refractivity contribution in [2.45, 2.75) is 18.2 Å². The lowest BCUT2D eigenvalue weighted by molar-refractivity contribution is -0.124. The highest BCUT2D eigenvalue weighted by molar-refractivity contribution is 7.92. The molecule has 0 aliphatic heterocycles. The summed E-state index contributed by atoms with van der Waals surface area (Å²) in [5.74, 6) is -0.587. The van der Waals surface area contributed by atoms with E-state index < -0.39 is 28.5 Å². The zero-order valence-electron chi connectivity index (χ0n) is 16.5. The molecule has 2 aromatic carbocycles. The van der Waals surface area contributed by atoms with Crippen LogP contribution >= 0.6 is 0 Å². The summed E-state index contributed by atoms with van der Waals surface area (Å²) in [7, 11) is -0.967. The van der Waals surface area contributed by atoms with E-state index >= 15 is 0 Å². The topological polar surface area (TPSA) is 102 Å². The van der Waals surface area contributed by atoms with E-state index in [0.29, 0.717) is 18.0 Å². The number of carbonyl (C=O) groups excluding carboxylic acids is 2. The predicted molar refractivity (Wildman–Crippen MR) is 109 cm³/mol. The number of anilines is 1. The number of ether oxygens (including phenoxy) is 2. The molecular weight excluding hydrogens is 396 g/mol. The second-order valence-corrected chi connectivity index (χ2v) is 8.09. The van der Waals surface area contributed by atoms with Gasteiger partial charge in [0.25, 0.3) is 15.9 Å². The third kappa shape index (κ3) is 5.71. The molecule has 29 heavy (non-hydrogen) atoms. The van der Waals surface area contributed by atoms with Crippen LogP contribution in [0, 0.1) is 0 Å². The minimum atomic E-state index is -3.91. The molecule has 0 saturated carbocycles. The summed E-state index contributed by atoms with van der Waals surface area (Å²) in [6.07, 6.45) is 0.765. The van der Waals surface area contributed by atoms with Crippen molar-refractivity contribution in [3.63, 3.8) is 0 Å². The average molecular weight is 420 g/mol. The molecule has 156 valence electrons. The van der Waals surface area contributed by atoms with E-state index in [1.54, 1.807) is 24.3 Å². The van der Waals surface area contributed by atoms with Crippen LogP contribution in [0.3, 0.4) is 0 Å². The molecule has 0 saturated heterocycles. The maximum absolute atomic E-state index is 12.9. The first kappa shape index (κ1) is 22.2. The van der Waals surface area contributed by atoms with E-state index in [1.807, 2.05) is 6.92 Å². The predicted octanol–water partition coefficient (Wildman–Crippen LogP) is 2.20.